The number of aromatic nitrogens is 1. The van der Waals surface area contributed by atoms with Crippen LogP contribution < -0.4 is 15.4 Å². The predicted molar refractivity (Wildman–Crippen MR) is 94.3 cm³/mol. The quantitative estimate of drug-likeness (QED) is 0.293. The van der Waals surface area contributed by atoms with Crippen molar-refractivity contribution in [1.29, 1.82) is 0 Å². The Hall–Kier alpha value is -1.26. The summed E-state index contributed by atoms with van der Waals surface area (Å²) in [6.07, 6.45) is -0.753. The Kier molecular flexibility index (Phi) is 10.7. The molecule has 0 amide bonds. The molecule has 1 aromatic heterocycles. The zero-order chi connectivity index (χ0) is 16.4. The van der Waals surface area contributed by atoms with Crippen molar-refractivity contribution in [3.63, 3.8) is 0 Å². The molecule has 0 aliphatic heterocycles. The van der Waals surface area contributed by atoms with Crippen molar-refractivity contribution in [3.05, 3.63) is 23.9 Å². The van der Waals surface area contributed by atoms with Gasteiger partial charge in [-0.2, -0.15) is 13.2 Å². The maximum Gasteiger partial charge on any atom is 0.422 e. The SMILES string of the molecule is CCCCNC(=NC)NCc1ccc(OCC(F)(F)F)nc1.I. The van der Waals surface area contributed by atoms with Gasteiger partial charge in [-0.3, -0.25) is 4.99 Å². The highest BCUT2D eigenvalue weighted by atomic mass is 127. The van der Waals surface area contributed by atoms with Crippen LogP contribution in [0.4, 0.5) is 13.2 Å². The minimum Gasteiger partial charge on any atom is -0.468 e. The van der Waals surface area contributed by atoms with Crippen LogP contribution in [0.15, 0.2) is 23.3 Å². The summed E-state index contributed by atoms with van der Waals surface area (Å²) in [6, 6.07) is 3.07. The number of halogens is 4. The van der Waals surface area contributed by atoms with Gasteiger partial charge in [0.1, 0.15) is 0 Å². The van der Waals surface area contributed by atoms with Crippen LogP contribution in [0.5, 0.6) is 5.88 Å². The van der Waals surface area contributed by atoms with Crippen molar-refractivity contribution in [2.45, 2.75) is 32.5 Å². The molecule has 0 saturated heterocycles. The first-order valence-corrected chi connectivity index (χ1v) is 7.03. The first-order chi connectivity index (χ1) is 10.4. The third-order valence-corrected chi connectivity index (χ3v) is 2.69. The molecule has 5 nitrogen and oxygen atoms in total. The summed E-state index contributed by atoms with van der Waals surface area (Å²) in [7, 11) is 1.67. The van der Waals surface area contributed by atoms with E-state index >= 15 is 0 Å². The van der Waals surface area contributed by atoms with Crippen molar-refractivity contribution in [3.8, 4) is 5.88 Å². The Morgan fingerprint density at radius 3 is 2.57 bits per heavy atom. The third kappa shape index (κ3) is 10.2. The maximum absolute atomic E-state index is 12.0. The third-order valence-electron chi connectivity index (χ3n) is 2.69. The second kappa shape index (κ2) is 11.3. The van der Waals surface area contributed by atoms with E-state index < -0.39 is 12.8 Å². The molecule has 1 heterocycles. The molecule has 0 bridgehead atoms. The number of hydrogen-bond donors (Lipinski definition) is 2. The number of guanidine groups is 1. The largest absolute Gasteiger partial charge is 0.468 e. The summed E-state index contributed by atoms with van der Waals surface area (Å²) < 4.78 is 40.6. The van der Waals surface area contributed by atoms with Crippen molar-refractivity contribution < 1.29 is 17.9 Å². The minimum atomic E-state index is -4.36. The highest BCUT2D eigenvalue weighted by molar-refractivity contribution is 14.0. The summed E-state index contributed by atoms with van der Waals surface area (Å²) in [5.41, 5.74) is 0.817. The van der Waals surface area contributed by atoms with Crippen LogP contribution >= 0.6 is 24.0 Å². The lowest BCUT2D eigenvalue weighted by atomic mass is 10.3. The average Bonchev–Trinajstić information content (AvgIpc) is 2.49. The highest BCUT2D eigenvalue weighted by Crippen LogP contribution is 2.16. The molecule has 0 unspecified atom stereocenters. The minimum absolute atomic E-state index is 0. The number of pyridine rings is 1. The fourth-order valence-electron chi connectivity index (χ4n) is 1.55. The summed E-state index contributed by atoms with van der Waals surface area (Å²) in [5.74, 6) is 0.623. The Bertz CT molecular complexity index is 466. The van der Waals surface area contributed by atoms with Crippen LogP contribution in [-0.4, -0.2) is 37.3 Å². The first-order valence-electron chi connectivity index (χ1n) is 7.03. The fraction of sp³-hybridized carbons (Fsp3) is 0.571. The molecular formula is C14H22F3IN4O. The summed E-state index contributed by atoms with van der Waals surface area (Å²) in [6.45, 7) is 2.06. The van der Waals surface area contributed by atoms with E-state index in [0.717, 1.165) is 24.9 Å². The normalized spacial score (nSPS) is 11.6. The molecule has 9 heteroatoms. The highest BCUT2D eigenvalue weighted by Gasteiger charge is 2.28. The Morgan fingerprint density at radius 1 is 1.30 bits per heavy atom. The number of unbranched alkanes of at least 4 members (excludes halogenated alkanes) is 1. The lowest BCUT2D eigenvalue weighted by molar-refractivity contribution is -0.154. The zero-order valence-electron chi connectivity index (χ0n) is 13.1. The van der Waals surface area contributed by atoms with Gasteiger partial charge in [0.2, 0.25) is 5.88 Å². The van der Waals surface area contributed by atoms with Gasteiger partial charge in [-0.1, -0.05) is 19.4 Å². The molecule has 0 saturated carbocycles. The van der Waals surface area contributed by atoms with E-state index in [9.17, 15) is 13.2 Å². The number of hydrogen-bond acceptors (Lipinski definition) is 3. The second-order valence-electron chi connectivity index (χ2n) is 4.61. The van der Waals surface area contributed by atoms with Gasteiger partial charge in [0.25, 0.3) is 0 Å². The molecule has 0 atom stereocenters. The van der Waals surface area contributed by atoms with Crippen LogP contribution in [0.25, 0.3) is 0 Å². The molecule has 1 aromatic rings. The van der Waals surface area contributed by atoms with Crippen molar-refractivity contribution in [2.75, 3.05) is 20.2 Å². The van der Waals surface area contributed by atoms with Gasteiger partial charge in [-0.25, -0.2) is 4.98 Å². The van der Waals surface area contributed by atoms with E-state index in [2.05, 4.69) is 32.3 Å². The maximum atomic E-state index is 12.0. The number of aliphatic imine (C=N–C) groups is 1. The Balaban J connectivity index is 0.00000484. The van der Waals surface area contributed by atoms with Crippen LogP contribution in [0.3, 0.4) is 0 Å². The monoisotopic (exact) mass is 446 g/mol. The lowest BCUT2D eigenvalue weighted by Gasteiger charge is -2.12. The predicted octanol–water partition coefficient (Wildman–Crippen LogP) is 3.11. The van der Waals surface area contributed by atoms with Gasteiger partial charge in [0.15, 0.2) is 12.6 Å². The zero-order valence-corrected chi connectivity index (χ0v) is 15.4. The topological polar surface area (TPSA) is 58.5 Å². The fourth-order valence-corrected chi connectivity index (χ4v) is 1.55. The van der Waals surface area contributed by atoms with Crippen molar-refractivity contribution in [2.24, 2.45) is 4.99 Å². The summed E-state index contributed by atoms with van der Waals surface area (Å²) in [5, 5.41) is 6.26. The smallest absolute Gasteiger partial charge is 0.422 e. The molecule has 2 N–H and O–H groups in total. The van der Waals surface area contributed by atoms with E-state index in [-0.39, 0.29) is 29.9 Å². The molecular weight excluding hydrogens is 424 g/mol. The van der Waals surface area contributed by atoms with Gasteiger partial charge >= 0.3 is 6.18 Å². The van der Waals surface area contributed by atoms with Crippen LogP contribution in [0, 0.1) is 0 Å². The standard InChI is InChI=1S/C14H21F3N4O.HI/c1-3-4-7-19-13(18-2)21-9-11-5-6-12(20-8-11)22-10-14(15,16)17;/h5-6,8H,3-4,7,9-10H2,1-2H3,(H2,18,19,21);1H. The summed E-state index contributed by atoms with van der Waals surface area (Å²) in [4.78, 5) is 7.91. The van der Waals surface area contributed by atoms with Crippen LogP contribution in [0.1, 0.15) is 25.3 Å². The van der Waals surface area contributed by atoms with Crippen molar-refractivity contribution >= 4 is 29.9 Å². The molecule has 0 radical (unpaired) electrons. The van der Waals surface area contributed by atoms with E-state index in [1.54, 1.807) is 13.1 Å². The van der Waals surface area contributed by atoms with Crippen molar-refractivity contribution in [1.82, 2.24) is 15.6 Å². The lowest BCUT2D eigenvalue weighted by Crippen LogP contribution is -2.37. The first kappa shape index (κ1) is 21.7. The molecule has 132 valence electrons. The molecule has 0 spiro atoms. The number of alkyl halides is 3. The van der Waals surface area contributed by atoms with Gasteiger partial charge in [0.05, 0.1) is 0 Å². The van der Waals surface area contributed by atoms with Crippen LogP contribution in [0.2, 0.25) is 0 Å². The van der Waals surface area contributed by atoms with Gasteiger partial charge in [0, 0.05) is 32.4 Å². The summed E-state index contributed by atoms with van der Waals surface area (Å²) >= 11 is 0. The molecule has 0 fully saturated rings. The van der Waals surface area contributed by atoms with Gasteiger partial charge in [-0.05, 0) is 12.0 Å². The van der Waals surface area contributed by atoms with E-state index in [1.165, 1.54) is 12.3 Å². The molecule has 1 rings (SSSR count). The van der Waals surface area contributed by atoms with Crippen LogP contribution in [-0.2, 0) is 6.54 Å². The van der Waals surface area contributed by atoms with Gasteiger partial charge < -0.3 is 15.4 Å². The average molecular weight is 446 g/mol. The molecule has 0 aliphatic carbocycles. The molecule has 23 heavy (non-hydrogen) atoms. The molecule has 0 aromatic carbocycles. The van der Waals surface area contributed by atoms with E-state index in [1.807, 2.05) is 0 Å². The number of ether oxygens (including phenoxy) is 1. The number of nitrogens with zero attached hydrogens (tertiary/aromatic N) is 2. The van der Waals surface area contributed by atoms with Gasteiger partial charge in [-0.15, -0.1) is 24.0 Å². The second-order valence-corrected chi connectivity index (χ2v) is 4.61. The van der Waals surface area contributed by atoms with E-state index in [0.29, 0.717) is 12.5 Å². The Morgan fingerprint density at radius 2 is 2.04 bits per heavy atom. The molecule has 0 aliphatic rings. The number of rotatable bonds is 7. The number of nitrogens with one attached hydrogen (secondary N) is 2. The Labute approximate surface area is 151 Å². The van der Waals surface area contributed by atoms with E-state index in [4.69, 9.17) is 0 Å².